The summed E-state index contributed by atoms with van der Waals surface area (Å²) in [6.45, 7) is 0. The van der Waals surface area contributed by atoms with Gasteiger partial charge >= 0.3 is 0 Å². The normalized spacial score (nSPS) is 10.7. The predicted octanol–water partition coefficient (Wildman–Crippen LogP) is 11.9. The summed E-state index contributed by atoms with van der Waals surface area (Å²) < 4.78 is 0. The first-order valence-electron chi connectivity index (χ1n) is 17.5. The van der Waals surface area contributed by atoms with E-state index >= 15 is 0 Å². The van der Waals surface area contributed by atoms with Crippen molar-refractivity contribution in [2.75, 3.05) is 0 Å². The summed E-state index contributed by atoms with van der Waals surface area (Å²) in [5, 5.41) is 0. The standard InChI is InChI=1S/3C17H14O.2Pt/c3*18-17(13-11-15-7-3-1-4-8-15)14-12-16-9-5-2-6-10-16;;/h3*1-14H;;/b3*13-11+,14-12+;;. The zero-order chi connectivity index (χ0) is 37.9. The maximum Gasteiger partial charge on any atom is 0.178 e. The largest absolute Gasteiger partial charge is 0.290 e. The van der Waals surface area contributed by atoms with Crippen LogP contribution in [0.4, 0.5) is 0 Å². The van der Waals surface area contributed by atoms with Crippen molar-refractivity contribution >= 4 is 53.8 Å². The summed E-state index contributed by atoms with van der Waals surface area (Å²) in [5.74, 6) is -0.0341. The first kappa shape index (κ1) is 46.3. The van der Waals surface area contributed by atoms with Crippen molar-refractivity contribution in [2.45, 2.75) is 0 Å². The van der Waals surface area contributed by atoms with Crippen molar-refractivity contribution in [3.63, 3.8) is 0 Å². The average Bonchev–Trinajstić information content (AvgIpc) is 3.24. The van der Waals surface area contributed by atoms with Crippen LogP contribution in [0.25, 0.3) is 36.5 Å². The second-order valence-corrected chi connectivity index (χ2v) is 11.7. The molecule has 0 aliphatic carbocycles. The molecule has 0 saturated heterocycles. The van der Waals surface area contributed by atoms with Crippen molar-refractivity contribution < 1.29 is 56.5 Å². The van der Waals surface area contributed by atoms with Gasteiger partial charge in [-0.3, -0.25) is 14.4 Å². The van der Waals surface area contributed by atoms with Crippen LogP contribution >= 0.6 is 0 Å². The van der Waals surface area contributed by atoms with E-state index in [2.05, 4.69) is 0 Å². The van der Waals surface area contributed by atoms with Crippen molar-refractivity contribution in [1.29, 1.82) is 0 Å². The molecule has 0 aromatic heterocycles. The van der Waals surface area contributed by atoms with E-state index in [0.717, 1.165) is 33.4 Å². The fraction of sp³-hybridized carbons (Fsp3) is 0. The van der Waals surface area contributed by atoms with Crippen LogP contribution in [0.5, 0.6) is 0 Å². The van der Waals surface area contributed by atoms with Gasteiger partial charge in [0.15, 0.2) is 17.3 Å². The molecule has 0 spiro atoms. The Balaban J connectivity index is 0.000000285. The predicted molar refractivity (Wildman–Crippen MR) is 228 cm³/mol. The molecule has 284 valence electrons. The maximum absolute atomic E-state index is 11.6. The van der Waals surface area contributed by atoms with Crippen LogP contribution in [-0.4, -0.2) is 17.3 Å². The van der Waals surface area contributed by atoms with Crippen molar-refractivity contribution in [3.8, 4) is 0 Å². The van der Waals surface area contributed by atoms with Crippen LogP contribution in [0.2, 0.25) is 0 Å². The molecule has 0 radical (unpaired) electrons. The molecule has 0 heterocycles. The molecule has 0 aliphatic heterocycles. The fourth-order valence-corrected chi connectivity index (χ4v) is 4.62. The number of ketones is 3. The SMILES string of the molecule is O=C(/C=C/c1ccccc1)/C=C/c1ccccc1.O=C(/C=C/c1ccccc1)/C=C/c1ccccc1.O=C(/C=C/c1ccccc1)/C=C/c1ccccc1.[Pt].[Pt]. The third-order valence-electron chi connectivity index (χ3n) is 7.44. The van der Waals surface area contributed by atoms with Crippen LogP contribution in [0, 0.1) is 0 Å². The molecule has 0 amide bonds. The first-order chi connectivity index (χ1) is 26.5. The molecule has 0 saturated carbocycles. The quantitative estimate of drug-likeness (QED) is 0.115. The molecule has 6 aromatic rings. The van der Waals surface area contributed by atoms with Gasteiger partial charge in [0.1, 0.15) is 0 Å². The summed E-state index contributed by atoms with van der Waals surface area (Å²) in [6.07, 6.45) is 20.4. The Labute approximate surface area is 359 Å². The Kier molecular flexibility index (Phi) is 23.6. The number of hydrogen-bond acceptors (Lipinski definition) is 3. The molecule has 3 nitrogen and oxygen atoms in total. The van der Waals surface area contributed by atoms with Gasteiger partial charge in [-0.05, 0) is 69.8 Å². The van der Waals surface area contributed by atoms with E-state index in [4.69, 9.17) is 0 Å². The molecule has 0 fully saturated rings. The average molecular weight is 1090 g/mol. The van der Waals surface area contributed by atoms with E-state index in [0.29, 0.717) is 0 Å². The summed E-state index contributed by atoms with van der Waals surface area (Å²) in [5.41, 5.74) is 6.16. The zero-order valence-electron chi connectivity index (χ0n) is 30.6. The third kappa shape index (κ3) is 20.6. The van der Waals surface area contributed by atoms with E-state index in [1.165, 1.54) is 0 Å². The van der Waals surface area contributed by atoms with Crippen LogP contribution < -0.4 is 0 Å². The van der Waals surface area contributed by atoms with E-state index < -0.39 is 0 Å². The summed E-state index contributed by atoms with van der Waals surface area (Å²) in [4.78, 5) is 34.8. The van der Waals surface area contributed by atoms with E-state index in [1.54, 1.807) is 36.5 Å². The molecule has 0 unspecified atom stereocenters. The molecule has 0 atom stereocenters. The first-order valence-corrected chi connectivity index (χ1v) is 17.5. The number of rotatable bonds is 12. The van der Waals surface area contributed by atoms with Crippen molar-refractivity contribution in [2.24, 2.45) is 0 Å². The fourth-order valence-electron chi connectivity index (χ4n) is 4.62. The molecular formula is C51H42O3Pt2. The Bertz CT molecular complexity index is 1760. The zero-order valence-corrected chi connectivity index (χ0v) is 35.2. The van der Waals surface area contributed by atoms with E-state index in [9.17, 15) is 14.4 Å². The maximum atomic E-state index is 11.6. The van der Waals surface area contributed by atoms with E-state index in [1.807, 2.05) is 218 Å². The van der Waals surface area contributed by atoms with Gasteiger partial charge in [-0.1, -0.05) is 218 Å². The van der Waals surface area contributed by atoms with Gasteiger partial charge in [0.25, 0.3) is 0 Å². The van der Waals surface area contributed by atoms with Gasteiger partial charge in [-0.25, -0.2) is 0 Å². The Morgan fingerprint density at radius 3 is 0.482 bits per heavy atom. The second-order valence-electron chi connectivity index (χ2n) is 11.7. The minimum atomic E-state index is -0.0114. The van der Waals surface area contributed by atoms with Gasteiger partial charge in [-0.2, -0.15) is 0 Å². The molecule has 56 heavy (non-hydrogen) atoms. The van der Waals surface area contributed by atoms with E-state index in [-0.39, 0.29) is 59.5 Å². The smallest absolute Gasteiger partial charge is 0.178 e. The van der Waals surface area contributed by atoms with Crippen LogP contribution in [0.1, 0.15) is 33.4 Å². The van der Waals surface area contributed by atoms with Gasteiger partial charge in [0.05, 0.1) is 0 Å². The Hall–Kier alpha value is -5.85. The van der Waals surface area contributed by atoms with Crippen molar-refractivity contribution in [1.82, 2.24) is 0 Å². The molecule has 0 bridgehead atoms. The minimum absolute atomic E-state index is 0. The van der Waals surface area contributed by atoms with Gasteiger partial charge < -0.3 is 0 Å². The summed E-state index contributed by atoms with van der Waals surface area (Å²) in [6, 6.07) is 58.7. The molecule has 0 N–H and O–H groups in total. The molecule has 5 heteroatoms. The summed E-state index contributed by atoms with van der Waals surface area (Å²) in [7, 11) is 0. The molecule has 6 rings (SSSR count). The monoisotopic (exact) mass is 1090 g/mol. The number of hydrogen-bond donors (Lipinski definition) is 0. The minimum Gasteiger partial charge on any atom is -0.290 e. The van der Waals surface area contributed by atoms with Crippen LogP contribution in [0.15, 0.2) is 218 Å². The van der Waals surface area contributed by atoms with Crippen molar-refractivity contribution in [3.05, 3.63) is 252 Å². The number of carbonyl (C=O) groups excluding carboxylic acids is 3. The number of allylic oxidation sites excluding steroid dienone is 6. The van der Waals surface area contributed by atoms with Gasteiger partial charge in [0.2, 0.25) is 0 Å². The molecule has 6 aromatic carbocycles. The summed E-state index contributed by atoms with van der Waals surface area (Å²) >= 11 is 0. The number of carbonyl (C=O) groups is 3. The van der Waals surface area contributed by atoms with Crippen LogP contribution in [0.3, 0.4) is 0 Å². The number of benzene rings is 6. The Morgan fingerprint density at radius 1 is 0.232 bits per heavy atom. The Morgan fingerprint density at radius 2 is 0.357 bits per heavy atom. The van der Waals surface area contributed by atoms with Crippen LogP contribution in [-0.2, 0) is 56.5 Å². The molecule has 0 aliphatic rings. The van der Waals surface area contributed by atoms with Gasteiger partial charge in [-0.15, -0.1) is 0 Å². The second kappa shape index (κ2) is 28.6. The molecular weight excluding hydrogens is 1050 g/mol. The topological polar surface area (TPSA) is 51.2 Å². The van der Waals surface area contributed by atoms with Gasteiger partial charge in [0, 0.05) is 42.1 Å². The third-order valence-corrected chi connectivity index (χ3v) is 7.44.